The smallest absolute Gasteiger partial charge is 0.226 e. The fourth-order valence-electron chi connectivity index (χ4n) is 2.64. The number of nitrogens with zero attached hydrogens (tertiary/aromatic N) is 4. The average Bonchev–Trinajstić information content (AvgIpc) is 3.19. The maximum atomic E-state index is 12.1. The van der Waals surface area contributed by atoms with Crippen molar-refractivity contribution in [3.8, 4) is 5.75 Å². The van der Waals surface area contributed by atoms with Crippen LogP contribution in [0.25, 0.3) is 0 Å². The van der Waals surface area contributed by atoms with Crippen molar-refractivity contribution in [2.24, 2.45) is 0 Å². The molecule has 0 bridgehead atoms. The van der Waals surface area contributed by atoms with Gasteiger partial charge in [0.15, 0.2) is 6.73 Å². The van der Waals surface area contributed by atoms with Crippen LogP contribution in [0.2, 0.25) is 0 Å². The van der Waals surface area contributed by atoms with Gasteiger partial charge in [0.2, 0.25) is 5.91 Å². The van der Waals surface area contributed by atoms with Crippen molar-refractivity contribution < 1.29 is 9.53 Å². The van der Waals surface area contributed by atoms with Crippen LogP contribution in [0.5, 0.6) is 5.75 Å². The molecule has 0 aliphatic carbocycles. The van der Waals surface area contributed by atoms with E-state index in [2.05, 4.69) is 44.2 Å². The van der Waals surface area contributed by atoms with E-state index >= 15 is 0 Å². The number of benzene rings is 1. The summed E-state index contributed by atoms with van der Waals surface area (Å²) in [5.41, 5.74) is 3.90. The minimum atomic E-state index is -0.0759. The van der Waals surface area contributed by atoms with Crippen LogP contribution in [0, 0.1) is 24.3 Å². The maximum absolute atomic E-state index is 12.1. The quantitative estimate of drug-likeness (QED) is 0.525. The predicted molar refractivity (Wildman–Crippen MR) is 112 cm³/mol. The Bertz CT molecular complexity index is 928. The van der Waals surface area contributed by atoms with E-state index in [1.165, 1.54) is 5.56 Å². The van der Waals surface area contributed by atoms with Crippen LogP contribution in [0.4, 0.5) is 5.69 Å². The lowest BCUT2D eigenvalue weighted by atomic mass is 10.1. The summed E-state index contributed by atoms with van der Waals surface area (Å²) in [7, 11) is 0. The van der Waals surface area contributed by atoms with Gasteiger partial charge in [-0.2, -0.15) is 10.2 Å². The first kappa shape index (κ1) is 19.4. The number of amides is 1. The summed E-state index contributed by atoms with van der Waals surface area (Å²) >= 11 is 2.23. The summed E-state index contributed by atoms with van der Waals surface area (Å²) in [5, 5.41) is 11.4. The molecule has 3 rings (SSSR count). The molecule has 1 amide bonds. The predicted octanol–water partition coefficient (Wildman–Crippen LogP) is 3.67. The number of carbonyl (C=O) groups is 1. The molecule has 2 aromatic heterocycles. The molecule has 0 saturated heterocycles. The zero-order valence-electron chi connectivity index (χ0n) is 15.6. The van der Waals surface area contributed by atoms with E-state index in [9.17, 15) is 4.79 Å². The molecule has 0 saturated carbocycles. The number of aromatic nitrogens is 4. The van der Waals surface area contributed by atoms with E-state index in [-0.39, 0.29) is 12.6 Å². The van der Waals surface area contributed by atoms with Gasteiger partial charge in [-0.1, -0.05) is 17.7 Å². The summed E-state index contributed by atoms with van der Waals surface area (Å²) in [5.74, 6) is 0.749. The van der Waals surface area contributed by atoms with Crippen molar-refractivity contribution in [3.63, 3.8) is 0 Å². The Morgan fingerprint density at radius 2 is 2.04 bits per heavy atom. The fraction of sp³-hybridized carbons (Fsp3) is 0.316. The maximum Gasteiger partial charge on any atom is 0.226 e. The number of anilines is 1. The van der Waals surface area contributed by atoms with Crippen LogP contribution in [-0.4, -0.2) is 25.5 Å². The fourth-order valence-corrected chi connectivity index (χ4v) is 3.07. The second kappa shape index (κ2) is 8.55. The van der Waals surface area contributed by atoms with Crippen LogP contribution < -0.4 is 10.1 Å². The third kappa shape index (κ3) is 5.31. The van der Waals surface area contributed by atoms with Crippen molar-refractivity contribution in [1.82, 2.24) is 19.6 Å². The third-order valence-electron chi connectivity index (χ3n) is 4.05. The van der Waals surface area contributed by atoms with Crippen LogP contribution in [0.3, 0.4) is 0 Å². The number of ether oxygens (including phenoxy) is 1. The number of hydrogen-bond donors (Lipinski definition) is 1. The first-order chi connectivity index (χ1) is 12.9. The summed E-state index contributed by atoms with van der Waals surface area (Å²) in [6, 6.07) is 6.04. The monoisotopic (exact) mass is 479 g/mol. The lowest BCUT2D eigenvalue weighted by molar-refractivity contribution is -0.116. The first-order valence-corrected chi connectivity index (χ1v) is 9.70. The molecule has 0 atom stereocenters. The number of aryl methyl sites for hydroxylation is 4. The standard InChI is InChI=1S/C19H22IN5O2/c1-13-4-5-18(14(2)8-13)27-12-25-10-16(9-21-25)22-19(26)6-7-24-11-17(20)15(3)23-24/h4-5,8-11H,6-7,12H2,1-3H3,(H,22,26). The van der Waals surface area contributed by atoms with Crippen molar-refractivity contribution in [1.29, 1.82) is 0 Å². The van der Waals surface area contributed by atoms with Gasteiger partial charge in [-0.15, -0.1) is 0 Å². The number of hydrogen-bond acceptors (Lipinski definition) is 4. The van der Waals surface area contributed by atoms with Crippen LogP contribution in [0.15, 0.2) is 36.8 Å². The Labute approximate surface area is 171 Å². The van der Waals surface area contributed by atoms with Crippen molar-refractivity contribution in [2.45, 2.75) is 40.5 Å². The molecule has 7 nitrogen and oxygen atoms in total. The molecule has 1 N–H and O–H groups in total. The molecule has 27 heavy (non-hydrogen) atoms. The second-order valence-electron chi connectivity index (χ2n) is 6.43. The summed E-state index contributed by atoms with van der Waals surface area (Å²) < 4.78 is 10.3. The highest BCUT2D eigenvalue weighted by Gasteiger charge is 2.08. The minimum absolute atomic E-state index is 0.0759. The summed E-state index contributed by atoms with van der Waals surface area (Å²) in [6.07, 6.45) is 5.65. The topological polar surface area (TPSA) is 74.0 Å². The number of nitrogens with one attached hydrogen (secondary N) is 1. The largest absolute Gasteiger partial charge is 0.471 e. The molecule has 142 valence electrons. The minimum Gasteiger partial charge on any atom is -0.471 e. The number of halogens is 1. The summed E-state index contributed by atoms with van der Waals surface area (Å²) in [6.45, 7) is 6.84. The van der Waals surface area contributed by atoms with Crippen LogP contribution >= 0.6 is 22.6 Å². The zero-order valence-corrected chi connectivity index (χ0v) is 17.7. The van der Waals surface area contributed by atoms with Crippen molar-refractivity contribution in [2.75, 3.05) is 5.32 Å². The van der Waals surface area contributed by atoms with Gasteiger partial charge in [0.05, 0.1) is 27.3 Å². The molecule has 0 spiro atoms. The van der Waals surface area contributed by atoms with Gasteiger partial charge in [-0.05, 0) is 55.0 Å². The van der Waals surface area contributed by atoms with Gasteiger partial charge in [-0.3, -0.25) is 9.48 Å². The van der Waals surface area contributed by atoms with Gasteiger partial charge in [0.1, 0.15) is 5.75 Å². The zero-order chi connectivity index (χ0) is 19.4. The van der Waals surface area contributed by atoms with Gasteiger partial charge >= 0.3 is 0 Å². The third-order valence-corrected chi connectivity index (χ3v) is 5.11. The number of carbonyl (C=O) groups excluding carboxylic acids is 1. The Kier molecular flexibility index (Phi) is 6.15. The van der Waals surface area contributed by atoms with Crippen LogP contribution in [0.1, 0.15) is 23.2 Å². The molecule has 0 aliphatic rings. The first-order valence-electron chi connectivity index (χ1n) is 8.62. The highest BCUT2D eigenvalue weighted by Crippen LogP contribution is 2.19. The molecule has 1 aromatic carbocycles. The Morgan fingerprint density at radius 3 is 2.74 bits per heavy atom. The highest BCUT2D eigenvalue weighted by molar-refractivity contribution is 14.1. The van der Waals surface area contributed by atoms with Gasteiger partial charge in [0.25, 0.3) is 0 Å². The van der Waals surface area contributed by atoms with Crippen molar-refractivity contribution >= 4 is 34.2 Å². The normalized spacial score (nSPS) is 10.8. The van der Waals surface area contributed by atoms with Gasteiger partial charge in [0, 0.05) is 19.2 Å². The lowest BCUT2D eigenvalue weighted by Gasteiger charge is -2.09. The molecule has 0 aliphatic heterocycles. The van der Waals surface area contributed by atoms with E-state index in [0.717, 1.165) is 20.6 Å². The molecule has 0 fully saturated rings. The second-order valence-corrected chi connectivity index (χ2v) is 7.60. The molecule has 3 aromatic rings. The molecule has 8 heteroatoms. The van der Waals surface area contributed by atoms with Gasteiger partial charge < -0.3 is 10.1 Å². The molecule has 0 unspecified atom stereocenters. The van der Waals surface area contributed by atoms with E-state index in [1.54, 1.807) is 21.8 Å². The van der Waals surface area contributed by atoms with E-state index < -0.39 is 0 Å². The molecule has 0 radical (unpaired) electrons. The summed E-state index contributed by atoms with van der Waals surface area (Å²) in [4.78, 5) is 12.1. The Morgan fingerprint density at radius 1 is 1.22 bits per heavy atom. The Hall–Kier alpha value is -2.36. The molecular formula is C19H22IN5O2. The SMILES string of the molecule is Cc1ccc(OCn2cc(NC(=O)CCn3cc(I)c(C)n3)cn2)c(C)c1. The molecule has 2 heterocycles. The highest BCUT2D eigenvalue weighted by atomic mass is 127. The lowest BCUT2D eigenvalue weighted by Crippen LogP contribution is -2.14. The van der Waals surface area contributed by atoms with Crippen molar-refractivity contribution in [3.05, 3.63) is 57.2 Å². The van der Waals surface area contributed by atoms with E-state index in [4.69, 9.17) is 4.74 Å². The molecular weight excluding hydrogens is 457 g/mol. The average molecular weight is 479 g/mol. The van der Waals surface area contributed by atoms with Gasteiger partial charge in [-0.25, -0.2) is 4.68 Å². The van der Waals surface area contributed by atoms with Crippen LogP contribution in [-0.2, 0) is 18.1 Å². The van der Waals surface area contributed by atoms with E-state index in [1.807, 2.05) is 39.1 Å². The van der Waals surface area contributed by atoms with E-state index in [0.29, 0.717) is 18.7 Å². The Balaban J connectivity index is 1.49. The number of rotatable bonds is 7.